The highest BCUT2D eigenvalue weighted by atomic mass is 32.2. The maximum absolute atomic E-state index is 11.9. The molecule has 1 unspecified atom stereocenters. The van der Waals surface area contributed by atoms with Gasteiger partial charge in [0.05, 0.1) is 11.9 Å². The number of ether oxygens (including phenoxy) is 1. The van der Waals surface area contributed by atoms with Gasteiger partial charge in [-0.2, -0.15) is 0 Å². The zero-order valence-corrected chi connectivity index (χ0v) is 10.4. The molecule has 0 aromatic heterocycles. The van der Waals surface area contributed by atoms with E-state index in [2.05, 4.69) is 4.72 Å². The van der Waals surface area contributed by atoms with Gasteiger partial charge in [-0.3, -0.25) is 4.72 Å². The summed E-state index contributed by atoms with van der Waals surface area (Å²) in [6.07, 6.45) is 2.74. The molecule has 1 aromatic carbocycles. The fourth-order valence-corrected chi connectivity index (χ4v) is 3.24. The van der Waals surface area contributed by atoms with Crippen LogP contribution in [0.3, 0.4) is 0 Å². The maximum atomic E-state index is 11.9. The van der Waals surface area contributed by atoms with Gasteiger partial charge in [-0.1, -0.05) is 18.2 Å². The highest BCUT2D eigenvalue weighted by molar-refractivity contribution is 7.92. The normalized spacial score (nSPS) is 21.1. The molecule has 0 amide bonds. The molecule has 4 nitrogen and oxygen atoms in total. The van der Waals surface area contributed by atoms with Gasteiger partial charge in [0.25, 0.3) is 0 Å². The second-order valence-electron chi connectivity index (χ2n) is 4.24. The van der Waals surface area contributed by atoms with E-state index in [0.29, 0.717) is 12.3 Å². The van der Waals surface area contributed by atoms with Crippen molar-refractivity contribution >= 4 is 15.7 Å². The molecule has 0 bridgehead atoms. The smallest absolute Gasteiger partial charge is 0.235 e. The lowest BCUT2D eigenvalue weighted by Crippen LogP contribution is -2.30. The van der Waals surface area contributed by atoms with Crippen molar-refractivity contribution in [2.45, 2.75) is 25.4 Å². The zero-order chi connectivity index (χ0) is 12.1. The van der Waals surface area contributed by atoms with Crippen molar-refractivity contribution in [1.29, 1.82) is 0 Å². The number of sulfonamides is 1. The average Bonchev–Trinajstić information content (AvgIpc) is 2.30. The molecule has 0 spiro atoms. The molecule has 0 aliphatic carbocycles. The Hall–Kier alpha value is -1.07. The molecule has 1 aliphatic rings. The van der Waals surface area contributed by atoms with E-state index in [1.165, 1.54) is 0 Å². The summed E-state index contributed by atoms with van der Waals surface area (Å²) in [5, 5.41) is 0. The van der Waals surface area contributed by atoms with Crippen LogP contribution in [0.15, 0.2) is 30.3 Å². The standard InChI is InChI=1S/C12H17NO3S/c14-17(15,10-12-8-4-5-9-16-12)13-11-6-2-1-3-7-11/h1-3,6-7,12-13H,4-5,8-10H2. The SMILES string of the molecule is O=S(=O)(CC1CCCCO1)Nc1ccccc1. The lowest BCUT2D eigenvalue weighted by atomic mass is 10.1. The van der Waals surface area contributed by atoms with E-state index in [0.717, 1.165) is 19.3 Å². The molecular formula is C12H17NO3S. The summed E-state index contributed by atoms with van der Waals surface area (Å²) in [6.45, 7) is 0.672. The maximum Gasteiger partial charge on any atom is 0.235 e. The lowest BCUT2D eigenvalue weighted by Gasteiger charge is -2.22. The van der Waals surface area contributed by atoms with Crippen molar-refractivity contribution in [3.8, 4) is 0 Å². The first kappa shape index (κ1) is 12.4. The van der Waals surface area contributed by atoms with Gasteiger partial charge in [-0.05, 0) is 31.4 Å². The molecule has 94 valence electrons. The van der Waals surface area contributed by atoms with E-state index in [-0.39, 0.29) is 11.9 Å². The van der Waals surface area contributed by atoms with Crippen molar-refractivity contribution in [2.75, 3.05) is 17.1 Å². The third-order valence-electron chi connectivity index (χ3n) is 2.73. The summed E-state index contributed by atoms with van der Waals surface area (Å²) in [5.74, 6) is 0.0435. The van der Waals surface area contributed by atoms with Crippen LogP contribution in [-0.4, -0.2) is 26.9 Å². The van der Waals surface area contributed by atoms with E-state index in [1.54, 1.807) is 24.3 Å². The Morgan fingerprint density at radius 2 is 2.00 bits per heavy atom. The van der Waals surface area contributed by atoms with Gasteiger partial charge in [0.1, 0.15) is 0 Å². The predicted molar refractivity (Wildman–Crippen MR) is 67.4 cm³/mol. The molecule has 1 N–H and O–H groups in total. The first-order valence-electron chi connectivity index (χ1n) is 5.83. The summed E-state index contributed by atoms with van der Waals surface area (Å²) < 4.78 is 31.7. The number of hydrogen-bond acceptors (Lipinski definition) is 3. The molecule has 2 rings (SSSR count). The third kappa shape index (κ3) is 4.02. The first-order valence-corrected chi connectivity index (χ1v) is 7.48. The van der Waals surface area contributed by atoms with E-state index < -0.39 is 10.0 Å². The lowest BCUT2D eigenvalue weighted by molar-refractivity contribution is 0.0306. The Kier molecular flexibility index (Phi) is 4.02. The summed E-state index contributed by atoms with van der Waals surface area (Å²) in [5.41, 5.74) is 0.600. The van der Waals surface area contributed by atoms with Gasteiger partial charge in [-0.25, -0.2) is 8.42 Å². The van der Waals surface area contributed by atoms with Gasteiger partial charge in [0.2, 0.25) is 10.0 Å². The molecular weight excluding hydrogens is 238 g/mol. The second kappa shape index (κ2) is 5.51. The van der Waals surface area contributed by atoms with Crippen LogP contribution in [0.2, 0.25) is 0 Å². The molecule has 17 heavy (non-hydrogen) atoms. The minimum atomic E-state index is -3.31. The average molecular weight is 255 g/mol. The molecule has 1 aromatic rings. The number of hydrogen-bond donors (Lipinski definition) is 1. The van der Waals surface area contributed by atoms with E-state index in [1.807, 2.05) is 6.07 Å². The van der Waals surface area contributed by atoms with Crippen LogP contribution < -0.4 is 4.72 Å². The molecule has 1 saturated heterocycles. The molecule has 1 heterocycles. The van der Waals surface area contributed by atoms with Gasteiger partial charge in [-0.15, -0.1) is 0 Å². The fourth-order valence-electron chi connectivity index (χ4n) is 1.91. The largest absolute Gasteiger partial charge is 0.377 e. The van der Waals surface area contributed by atoms with Gasteiger partial charge in [0.15, 0.2) is 0 Å². The molecule has 0 saturated carbocycles. The second-order valence-corrected chi connectivity index (χ2v) is 6.01. The zero-order valence-electron chi connectivity index (χ0n) is 9.63. The van der Waals surface area contributed by atoms with E-state index >= 15 is 0 Å². The van der Waals surface area contributed by atoms with Gasteiger partial charge in [0, 0.05) is 12.3 Å². The minimum Gasteiger partial charge on any atom is -0.377 e. The quantitative estimate of drug-likeness (QED) is 0.895. The van der Waals surface area contributed by atoms with Crippen molar-refractivity contribution < 1.29 is 13.2 Å². The monoisotopic (exact) mass is 255 g/mol. The van der Waals surface area contributed by atoms with Crippen molar-refractivity contribution in [1.82, 2.24) is 0 Å². The summed E-state index contributed by atoms with van der Waals surface area (Å²) >= 11 is 0. The molecule has 0 radical (unpaired) electrons. The minimum absolute atomic E-state index is 0.0435. The van der Waals surface area contributed by atoms with E-state index in [4.69, 9.17) is 4.74 Å². The Balaban J connectivity index is 1.94. The van der Waals surface area contributed by atoms with Crippen molar-refractivity contribution in [3.05, 3.63) is 30.3 Å². The highest BCUT2D eigenvalue weighted by Gasteiger charge is 2.21. The Morgan fingerprint density at radius 3 is 2.65 bits per heavy atom. The Labute approximate surface area is 102 Å². The molecule has 5 heteroatoms. The van der Waals surface area contributed by atoms with E-state index in [9.17, 15) is 8.42 Å². The fraction of sp³-hybridized carbons (Fsp3) is 0.500. The summed E-state index contributed by atoms with van der Waals surface area (Å²) in [6, 6.07) is 8.92. The van der Waals surface area contributed by atoms with Crippen LogP contribution in [0.1, 0.15) is 19.3 Å². The topological polar surface area (TPSA) is 55.4 Å². The van der Waals surface area contributed by atoms with Crippen molar-refractivity contribution in [2.24, 2.45) is 0 Å². The highest BCUT2D eigenvalue weighted by Crippen LogP contribution is 2.16. The number of nitrogens with one attached hydrogen (secondary N) is 1. The van der Waals surface area contributed by atoms with Crippen molar-refractivity contribution in [3.63, 3.8) is 0 Å². The summed E-state index contributed by atoms with van der Waals surface area (Å²) in [4.78, 5) is 0. The number of para-hydroxylation sites is 1. The summed E-state index contributed by atoms with van der Waals surface area (Å²) in [7, 11) is -3.31. The van der Waals surface area contributed by atoms with Crippen LogP contribution in [0, 0.1) is 0 Å². The van der Waals surface area contributed by atoms with Crippen LogP contribution in [0.25, 0.3) is 0 Å². The van der Waals surface area contributed by atoms with Crippen LogP contribution in [0.4, 0.5) is 5.69 Å². The van der Waals surface area contributed by atoms with Gasteiger partial charge < -0.3 is 4.74 Å². The number of rotatable bonds is 4. The Morgan fingerprint density at radius 1 is 1.24 bits per heavy atom. The first-order chi connectivity index (χ1) is 8.16. The van der Waals surface area contributed by atoms with Crippen LogP contribution >= 0.6 is 0 Å². The van der Waals surface area contributed by atoms with Crippen LogP contribution in [0.5, 0.6) is 0 Å². The van der Waals surface area contributed by atoms with Crippen LogP contribution in [-0.2, 0) is 14.8 Å². The number of anilines is 1. The van der Waals surface area contributed by atoms with Gasteiger partial charge >= 0.3 is 0 Å². The third-order valence-corrected chi connectivity index (χ3v) is 4.08. The predicted octanol–water partition coefficient (Wildman–Crippen LogP) is 2.00. The molecule has 1 aliphatic heterocycles. The molecule has 1 fully saturated rings. The number of benzene rings is 1. The Bertz CT molecular complexity index is 438. The molecule has 1 atom stereocenters.